The summed E-state index contributed by atoms with van der Waals surface area (Å²) in [5.74, 6) is 2.34. The third kappa shape index (κ3) is 3.38. The zero-order chi connectivity index (χ0) is 14.5. The third-order valence-electron chi connectivity index (χ3n) is 3.88. The summed E-state index contributed by atoms with van der Waals surface area (Å²) in [6.45, 7) is 3.22. The number of rotatable bonds is 6. The fourth-order valence-corrected chi connectivity index (χ4v) is 2.51. The fourth-order valence-electron chi connectivity index (χ4n) is 2.51. The Morgan fingerprint density at radius 3 is 2.43 bits per heavy atom. The summed E-state index contributed by atoms with van der Waals surface area (Å²) in [7, 11) is 0. The maximum atomic E-state index is 6.00. The molecule has 0 heterocycles. The Balaban J connectivity index is 1.76. The summed E-state index contributed by atoms with van der Waals surface area (Å²) < 4.78 is 11.7. The average Bonchev–Trinajstić information content (AvgIpc) is 2.47. The highest BCUT2D eigenvalue weighted by molar-refractivity contribution is 5.45. The van der Waals surface area contributed by atoms with Gasteiger partial charge in [0, 0.05) is 0 Å². The second-order valence-electron chi connectivity index (χ2n) is 5.37. The minimum Gasteiger partial charge on any atom is -0.490 e. The van der Waals surface area contributed by atoms with Crippen molar-refractivity contribution in [3.05, 3.63) is 66.1 Å². The van der Waals surface area contributed by atoms with E-state index in [9.17, 15) is 0 Å². The third-order valence-corrected chi connectivity index (χ3v) is 3.88. The summed E-state index contributed by atoms with van der Waals surface area (Å²) in [5, 5.41) is 0. The first-order chi connectivity index (χ1) is 10.4. The second kappa shape index (κ2) is 6.66. The Morgan fingerprint density at radius 1 is 0.952 bits per heavy atom. The molecule has 109 valence electrons. The normalized spacial score (nSPS) is 14.5. The van der Waals surface area contributed by atoms with Gasteiger partial charge in [0.2, 0.25) is 0 Å². The Bertz CT molecular complexity index is 573. The summed E-state index contributed by atoms with van der Waals surface area (Å²) in [6, 6.07) is 16.6. The standard InChI is InChI=1S/C19H21O2/c1-2-20-18-12-11-17(16-9-6-10-16)13-19(18)21-14-15-7-4-3-5-8-15/h3-8,11-13,16H,2,9-10,14H2,1H3. The van der Waals surface area contributed by atoms with Crippen LogP contribution in [-0.2, 0) is 6.61 Å². The summed E-state index contributed by atoms with van der Waals surface area (Å²) >= 11 is 0. The van der Waals surface area contributed by atoms with Crippen molar-refractivity contribution in [1.29, 1.82) is 0 Å². The van der Waals surface area contributed by atoms with E-state index in [2.05, 4.69) is 30.7 Å². The van der Waals surface area contributed by atoms with Gasteiger partial charge in [-0.25, -0.2) is 0 Å². The first-order valence-corrected chi connectivity index (χ1v) is 7.62. The smallest absolute Gasteiger partial charge is 0.161 e. The van der Waals surface area contributed by atoms with Gasteiger partial charge in [-0.2, -0.15) is 0 Å². The molecular formula is C19H21O2. The highest BCUT2D eigenvalue weighted by Gasteiger charge is 2.21. The van der Waals surface area contributed by atoms with E-state index in [1.54, 1.807) is 0 Å². The Labute approximate surface area is 126 Å². The molecule has 0 aliphatic heterocycles. The second-order valence-corrected chi connectivity index (χ2v) is 5.37. The molecule has 0 amide bonds. The van der Waals surface area contributed by atoms with Crippen molar-refractivity contribution in [3.63, 3.8) is 0 Å². The van der Waals surface area contributed by atoms with Gasteiger partial charge in [-0.1, -0.05) is 36.4 Å². The first kappa shape index (κ1) is 14.0. The van der Waals surface area contributed by atoms with Gasteiger partial charge in [0.25, 0.3) is 0 Å². The van der Waals surface area contributed by atoms with Gasteiger partial charge in [-0.05, 0) is 55.4 Å². The zero-order valence-corrected chi connectivity index (χ0v) is 12.4. The summed E-state index contributed by atoms with van der Waals surface area (Å²) in [5.41, 5.74) is 2.52. The molecule has 1 radical (unpaired) electrons. The number of benzene rings is 2. The number of ether oxygens (including phenoxy) is 2. The van der Waals surface area contributed by atoms with E-state index < -0.39 is 0 Å². The van der Waals surface area contributed by atoms with Crippen molar-refractivity contribution in [2.45, 2.75) is 32.3 Å². The highest BCUT2D eigenvalue weighted by Crippen LogP contribution is 2.39. The number of hydrogen-bond donors (Lipinski definition) is 0. The van der Waals surface area contributed by atoms with E-state index in [1.165, 1.54) is 24.0 Å². The Kier molecular flexibility index (Phi) is 4.44. The van der Waals surface area contributed by atoms with Crippen LogP contribution < -0.4 is 9.47 Å². The quantitative estimate of drug-likeness (QED) is 0.761. The predicted molar refractivity (Wildman–Crippen MR) is 84.7 cm³/mol. The van der Waals surface area contributed by atoms with Crippen LogP contribution in [0.5, 0.6) is 11.5 Å². The lowest BCUT2D eigenvalue weighted by Gasteiger charge is -2.26. The van der Waals surface area contributed by atoms with Crippen LogP contribution in [0.4, 0.5) is 0 Å². The molecule has 2 nitrogen and oxygen atoms in total. The van der Waals surface area contributed by atoms with E-state index in [-0.39, 0.29) is 0 Å². The predicted octanol–water partition coefficient (Wildman–Crippen LogP) is 4.75. The minimum atomic E-state index is 0.571. The van der Waals surface area contributed by atoms with Crippen molar-refractivity contribution in [2.75, 3.05) is 6.61 Å². The lowest BCUT2D eigenvalue weighted by molar-refractivity contribution is 0.268. The van der Waals surface area contributed by atoms with Gasteiger partial charge < -0.3 is 9.47 Å². The van der Waals surface area contributed by atoms with Crippen LogP contribution in [0.2, 0.25) is 0 Å². The molecule has 0 atom stereocenters. The van der Waals surface area contributed by atoms with Gasteiger partial charge >= 0.3 is 0 Å². The van der Waals surface area contributed by atoms with Gasteiger partial charge in [-0.3, -0.25) is 0 Å². The average molecular weight is 281 g/mol. The minimum absolute atomic E-state index is 0.571. The monoisotopic (exact) mass is 281 g/mol. The van der Waals surface area contributed by atoms with E-state index in [4.69, 9.17) is 9.47 Å². The molecule has 1 aliphatic rings. The van der Waals surface area contributed by atoms with Crippen LogP contribution in [0, 0.1) is 6.42 Å². The van der Waals surface area contributed by atoms with Crippen LogP contribution in [0.15, 0.2) is 48.5 Å². The Hall–Kier alpha value is -1.96. The zero-order valence-electron chi connectivity index (χ0n) is 12.4. The van der Waals surface area contributed by atoms with Gasteiger partial charge in [0.1, 0.15) is 6.61 Å². The molecule has 0 N–H and O–H groups in total. The molecule has 1 fully saturated rings. The highest BCUT2D eigenvalue weighted by atomic mass is 16.5. The molecule has 2 heteroatoms. The molecule has 0 unspecified atom stereocenters. The molecule has 1 saturated carbocycles. The number of hydrogen-bond acceptors (Lipinski definition) is 2. The van der Waals surface area contributed by atoms with Crippen LogP contribution in [0.1, 0.15) is 36.8 Å². The molecule has 0 bridgehead atoms. The topological polar surface area (TPSA) is 18.5 Å². The van der Waals surface area contributed by atoms with Crippen LogP contribution in [0.25, 0.3) is 0 Å². The van der Waals surface area contributed by atoms with Crippen molar-refractivity contribution in [2.24, 2.45) is 0 Å². The molecule has 21 heavy (non-hydrogen) atoms. The van der Waals surface area contributed by atoms with E-state index in [1.807, 2.05) is 31.2 Å². The van der Waals surface area contributed by atoms with Crippen LogP contribution in [0.3, 0.4) is 0 Å². The molecule has 3 rings (SSSR count). The maximum Gasteiger partial charge on any atom is 0.161 e. The van der Waals surface area contributed by atoms with E-state index >= 15 is 0 Å². The van der Waals surface area contributed by atoms with E-state index in [0.717, 1.165) is 11.5 Å². The van der Waals surface area contributed by atoms with Gasteiger partial charge in [0.05, 0.1) is 6.61 Å². The lowest BCUT2D eigenvalue weighted by Crippen LogP contribution is -2.10. The molecular weight excluding hydrogens is 260 g/mol. The fraction of sp³-hybridized carbons (Fsp3) is 0.316. The van der Waals surface area contributed by atoms with Gasteiger partial charge in [0.15, 0.2) is 11.5 Å². The van der Waals surface area contributed by atoms with Crippen LogP contribution in [-0.4, -0.2) is 6.61 Å². The molecule has 0 aromatic heterocycles. The van der Waals surface area contributed by atoms with Crippen LogP contribution >= 0.6 is 0 Å². The Morgan fingerprint density at radius 2 is 1.76 bits per heavy atom. The molecule has 2 aromatic rings. The lowest BCUT2D eigenvalue weighted by atomic mass is 9.80. The van der Waals surface area contributed by atoms with Crippen molar-refractivity contribution in [3.8, 4) is 11.5 Å². The maximum absolute atomic E-state index is 6.00. The van der Waals surface area contributed by atoms with Crippen molar-refractivity contribution >= 4 is 0 Å². The van der Waals surface area contributed by atoms with Crippen molar-refractivity contribution in [1.82, 2.24) is 0 Å². The molecule has 0 saturated heterocycles. The molecule has 1 aliphatic carbocycles. The first-order valence-electron chi connectivity index (χ1n) is 7.62. The van der Waals surface area contributed by atoms with Crippen molar-refractivity contribution < 1.29 is 9.47 Å². The summed E-state index contributed by atoms with van der Waals surface area (Å²) in [4.78, 5) is 0. The molecule has 0 spiro atoms. The summed E-state index contributed by atoms with van der Waals surface area (Å²) in [6.07, 6.45) is 4.67. The van der Waals surface area contributed by atoms with Gasteiger partial charge in [-0.15, -0.1) is 0 Å². The largest absolute Gasteiger partial charge is 0.490 e. The molecule has 2 aromatic carbocycles. The van der Waals surface area contributed by atoms with E-state index in [0.29, 0.717) is 19.1 Å². The SMILES string of the molecule is CCOc1ccc(C2C[CH]C2)cc1OCc1ccccc1.